The van der Waals surface area contributed by atoms with Gasteiger partial charge >= 0.3 is 0 Å². The lowest BCUT2D eigenvalue weighted by Gasteiger charge is -2.38. The van der Waals surface area contributed by atoms with Crippen LogP contribution in [0.3, 0.4) is 0 Å². The van der Waals surface area contributed by atoms with Gasteiger partial charge < -0.3 is 14.7 Å². The van der Waals surface area contributed by atoms with E-state index in [4.69, 9.17) is 4.74 Å². The van der Waals surface area contributed by atoms with Crippen molar-refractivity contribution in [2.24, 2.45) is 5.92 Å². The van der Waals surface area contributed by atoms with E-state index in [0.717, 1.165) is 22.7 Å². The molecule has 1 aliphatic heterocycles. The lowest BCUT2D eigenvalue weighted by atomic mass is 9.99. The van der Waals surface area contributed by atoms with Crippen LogP contribution in [-0.4, -0.2) is 75.9 Å². The summed E-state index contributed by atoms with van der Waals surface area (Å²) in [6.45, 7) is 3.50. The zero-order valence-corrected chi connectivity index (χ0v) is 24.2. The molecule has 0 saturated heterocycles. The Morgan fingerprint density at radius 2 is 1.79 bits per heavy atom. The first-order valence-corrected chi connectivity index (χ1v) is 16.4. The molecule has 4 rings (SSSR count). The number of likely N-dealkylation sites (N-methyl/N-ethyl adjacent to an activating group) is 1. The maximum atomic E-state index is 13.6. The molecule has 0 aliphatic carbocycles. The lowest BCUT2D eigenvalue weighted by molar-refractivity contribution is 0.0387. The van der Waals surface area contributed by atoms with Crippen molar-refractivity contribution in [1.82, 2.24) is 9.21 Å². The molecule has 14 heteroatoms. The Hall–Kier alpha value is -2.49. The van der Waals surface area contributed by atoms with E-state index in [1.54, 1.807) is 29.8 Å². The number of benzene rings is 1. The first-order valence-electron chi connectivity index (χ1n) is 11.7. The van der Waals surface area contributed by atoms with Crippen molar-refractivity contribution in [3.05, 3.63) is 58.8 Å². The Labute approximate surface area is 230 Å². The van der Waals surface area contributed by atoms with Crippen molar-refractivity contribution < 1.29 is 31.5 Å². The number of aliphatic hydroxyl groups is 1. The van der Waals surface area contributed by atoms with Gasteiger partial charge in [-0.1, -0.05) is 19.1 Å². The summed E-state index contributed by atoms with van der Waals surface area (Å²) in [6.07, 6.45) is -0.636. The average Bonchev–Trinajstić information content (AvgIpc) is 3.61. The van der Waals surface area contributed by atoms with Crippen LogP contribution in [-0.2, 0) is 20.0 Å². The molecule has 2 aromatic heterocycles. The highest BCUT2D eigenvalue weighted by atomic mass is 32.3. The topological polar surface area (TPSA) is 133 Å². The summed E-state index contributed by atoms with van der Waals surface area (Å²) in [5.41, 5.74) is 0.283. The highest BCUT2D eigenvalue weighted by Gasteiger charge is 2.35. The summed E-state index contributed by atoms with van der Waals surface area (Å²) in [5, 5.41) is 13.2. The number of fused-ring (bicyclic) bond motifs is 1. The van der Waals surface area contributed by atoms with Crippen molar-refractivity contribution in [3.8, 4) is 5.75 Å². The van der Waals surface area contributed by atoms with Crippen LogP contribution in [0, 0.1) is 5.92 Å². The van der Waals surface area contributed by atoms with Crippen LogP contribution in [0.5, 0.6) is 5.75 Å². The van der Waals surface area contributed by atoms with Gasteiger partial charge in [-0.15, -0.1) is 22.7 Å². The van der Waals surface area contributed by atoms with E-state index in [9.17, 15) is 26.7 Å². The SMILES string of the molecule is C[C@H]1CN([C@@H](C)CO)C(=O)c2cc(NS(=O)(=O)c3cccs3)ccc2O[C@@H]1CN(C)S(=O)(=O)c1cccs1. The van der Waals surface area contributed by atoms with Crippen molar-refractivity contribution >= 4 is 54.3 Å². The minimum Gasteiger partial charge on any atom is -0.488 e. The molecule has 38 heavy (non-hydrogen) atoms. The maximum absolute atomic E-state index is 13.6. The molecular weight excluding hydrogens is 571 g/mol. The van der Waals surface area contributed by atoms with Crippen LogP contribution < -0.4 is 9.46 Å². The van der Waals surface area contributed by atoms with Crippen LogP contribution in [0.1, 0.15) is 24.2 Å². The van der Waals surface area contributed by atoms with Gasteiger partial charge in [0.1, 0.15) is 20.3 Å². The maximum Gasteiger partial charge on any atom is 0.271 e. The standard InChI is InChI=1S/C24H29N3O7S4/c1-16-13-27(17(2)15-28)24(29)19-12-18(25-37(30,31)22-6-4-10-35-22)8-9-20(19)34-21(16)14-26(3)38(32,33)23-7-5-11-36-23/h4-12,16-17,21,25,28H,13-15H2,1-3H3/t16-,17-,21+/m0/s1. The fraction of sp³-hybridized carbons (Fsp3) is 0.375. The molecule has 0 unspecified atom stereocenters. The van der Waals surface area contributed by atoms with E-state index in [2.05, 4.69) is 4.72 Å². The number of amides is 1. The quantitative estimate of drug-likeness (QED) is 0.386. The molecule has 0 saturated carbocycles. The molecule has 10 nitrogen and oxygen atoms in total. The van der Waals surface area contributed by atoms with Crippen molar-refractivity contribution in [2.45, 2.75) is 34.4 Å². The average molecular weight is 600 g/mol. The Bertz CT molecular complexity index is 1470. The highest BCUT2D eigenvalue weighted by molar-refractivity contribution is 7.94. The molecule has 1 aromatic carbocycles. The Morgan fingerprint density at radius 3 is 2.39 bits per heavy atom. The molecule has 3 aromatic rings. The van der Waals surface area contributed by atoms with E-state index < -0.39 is 38.1 Å². The van der Waals surface area contributed by atoms with Crippen LogP contribution in [0.25, 0.3) is 0 Å². The Balaban J connectivity index is 1.68. The number of thiophene rings is 2. The first-order chi connectivity index (χ1) is 17.9. The summed E-state index contributed by atoms with van der Waals surface area (Å²) in [5.74, 6) is -0.523. The van der Waals surface area contributed by atoms with E-state index >= 15 is 0 Å². The normalized spacial score (nSPS) is 19.4. The molecule has 3 heterocycles. The molecule has 0 bridgehead atoms. The van der Waals surface area contributed by atoms with Crippen molar-refractivity contribution in [1.29, 1.82) is 0 Å². The minimum atomic E-state index is -3.85. The molecule has 0 fully saturated rings. The Morgan fingerprint density at radius 1 is 1.13 bits per heavy atom. The van der Waals surface area contributed by atoms with Crippen LogP contribution in [0.2, 0.25) is 0 Å². The summed E-state index contributed by atoms with van der Waals surface area (Å²) in [7, 11) is -6.10. The van der Waals surface area contributed by atoms with Gasteiger partial charge in [-0.05, 0) is 48.0 Å². The zero-order valence-electron chi connectivity index (χ0n) is 21.0. The second-order valence-electron chi connectivity index (χ2n) is 9.09. The van der Waals surface area contributed by atoms with E-state index in [0.29, 0.717) is 0 Å². The molecule has 0 radical (unpaired) electrons. The van der Waals surface area contributed by atoms with Gasteiger partial charge in [-0.3, -0.25) is 9.52 Å². The van der Waals surface area contributed by atoms with Gasteiger partial charge in [0.2, 0.25) is 0 Å². The van der Waals surface area contributed by atoms with Gasteiger partial charge in [0, 0.05) is 25.2 Å². The van der Waals surface area contributed by atoms with E-state index in [1.165, 1.54) is 46.6 Å². The minimum absolute atomic E-state index is 0.0170. The molecular formula is C24H29N3O7S4. The van der Waals surface area contributed by atoms with Crippen molar-refractivity contribution in [3.63, 3.8) is 0 Å². The van der Waals surface area contributed by atoms with Gasteiger partial charge in [0.25, 0.3) is 26.0 Å². The molecule has 206 valence electrons. The Kier molecular flexibility index (Phi) is 8.49. The van der Waals surface area contributed by atoms with Gasteiger partial charge in [-0.25, -0.2) is 16.8 Å². The predicted molar refractivity (Wildman–Crippen MR) is 147 cm³/mol. The molecule has 1 amide bonds. The smallest absolute Gasteiger partial charge is 0.271 e. The van der Waals surface area contributed by atoms with Crippen LogP contribution >= 0.6 is 22.7 Å². The summed E-state index contributed by atoms with van der Waals surface area (Å²) < 4.78 is 61.9. The number of rotatable bonds is 9. The summed E-state index contributed by atoms with van der Waals surface area (Å²) in [4.78, 5) is 15.1. The number of carbonyl (C=O) groups excluding carboxylic acids is 1. The summed E-state index contributed by atoms with van der Waals surface area (Å²) >= 11 is 2.19. The molecule has 0 spiro atoms. The number of nitrogens with zero attached hydrogens (tertiary/aromatic N) is 2. The van der Waals surface area contributed by atoms with Gasteiger partial charge in [0.05, 0.1) is 24.8 Å². The number of carbonyl (C=O) groups is 1. The van der Waals surface area contributed by atoms with Crippen LogP contribution in [0.15, 0.2) is 61.6 Å². The second-order valence-corrected chi connectivity index (χ2v) is 15.2. The third-order valence-electron chi connectivity index (χ3n) is 6.27. The van der Waals surface area contributed by atoms with Gasteiger partial charge in [-0.2, -0.15) is 4.31 Å². The van der Waals surface area contributed by atoms with Crippen LogP contribution in [0.4, 0.5) is 5.69 Å². The fourth-order valence-corrected chi connectivity index (χ4v) is 8.47. The number of hydrogen-bond acceptors (Lipinski definition) is 9. The number of sulfonamides is 2. The predicted octanol–water partition coefficient (Wildman–Crippen LogP) is 3.15. The first kappa shape index (κ1) is 28.5. The number of aliphatic hydroxyl groups excluding tert-OH is 1. The third-order valence-corrected chi connectivity index (χ3v) is 12.2. The third kappa shape index (κ3) is 5.90. The van der Waals surface area contributed by atoms with E-state index in [-0.39, 0.29) is 51.0 Å². The number of ether oxygens (including phenoxy) is 1. The molecule has 1 aliphatic rings. The monoisotopic (exact) mass is 599 g/mol. The number of anilines is 1. The largest absolute Gasteiger partial charge is 0.488 e. The zero-order chi connectivity index (χ0) is 27.7. The second kappa shape index (κ2) is 11.3. The van der Waals surface area contributed by atoms with Crippen molar-refractivity contribution in [2.75, 3.05) is 31.5 Å². The number of nitrogens with one attached hydrogen (secondary N) is 1. The summed E-state index contributed by atoms with van der Waals surface area (Å²) in [6, 6.07) is 10.2. The molecule has 3 atom stereocenters. The fourth-order valence-electron chi connectivity index (χ4n) is 4.04. The van der Waals surface area contributed by atoms with E-state index in [1.807, 2.05) is 6.92 Å². The molecule has 2 N–H and O–H groups in total. The lowest BCUT2D eigenvalue weighted by Crippen LogP contribution is -2.50. The van der Waals surface area contributed by atoms with Gasteiger partial charge in [0.15, 0.2) is 0 Å². The number of hydrogen-bond donors (Lipinski definition) is 2. The highest BCUT2D eigenvalue weighted by Crippen LogP contribution is 2.32.